The Morgan fingerprint density at radius 3 is 2.47 bits per heavy atom. The molecule has 324 valence electrons. The number of nitrogens with zero attached hydrogens (tertiary/aromatic N) is 6. The molecule has 3 fully saturated rings. The van der Waals surface area contributed by atoms with E-state index in [1.807, 2.05) is 36.4 Å². The molecule has 1 unspecified atom stereocenters. The van der Waals surface area contributed by atoms with Crippen LogP contribution in [0.4, 0.5) is 5.69 Å². The van der Waals surface area contributed by atoms with Crippen molar-refractivity contribution >= 4 is 47.5 Å². The minimum Gasteiger partial charge on any atom is -0.496 e. The molecule has 0 radical (unpaired) electrons. The average molecular weight is 876 g/mol. The van der Waals surface area contributed by atoms with E-state index in [9.17, 15) is 18.9 Å². The topological polar surface area (TPSA) is 128 Å². The standard InChI is InChI=1S/C48H55ClN7O5P/c1-61-43-30-37(16-15-34(43)29-45-50-31-40(49)41(51-45)28-35-11-6-7-14-44(35)62(2,3)60)54-22-19-36(20-23-54)55-26-24-53(25-27-55)21-8-4-5-10-33-12-9-13-38-39(33)32-56(48(38)59)42-17-18-46(57)52-47(42)58/h6-7,9,11-16,30-31,36,42H,4,8,17-29,32H2,1-3H3,(H,52,57,58). The fraction of sp³-hybridized carbons (Fsp3) is 0.438. The number of methoxy groups -OCH3 is 1. The van der Waals surface area contributed by atoms with Gasteiger partial charge in [0.25, 0.3) is 5.91 Å². The maximum Gasteiger partial charge on any atom is 0.255 e. The lowest BCUT2D eigenvalue weighted by atomic mass is 10.0. The highest BCUT2D eigenvalue weighted by Gasteiger charge is 2.39. The Labute approximate surface area is 369 Å². The lowest BCUT2D eigenvalue weighted by Gasteiger charge is -2.43. The number of unbranched alkanes of at least 4 members (excludes halogenated alkanes) is 1. The highest BCUT2D eigenvalue weighted by Crippen LogP contribution is 2.37. The lowest BCUT2D eigenvalue weighted by Crippen LogP contribution is -2.53. The van der Waals surface area contributed by atoms with Crippen molar-refractivity contribution in [3.63, 3.8) is 0 Å². The predicted octanol–water partition coefficient (Wildman–Crippen LogP) is 5.75. The van der Waals surface area contributed by atoms with Crippen molar-refractivity contribution in [1.82, 2.24) is 30.0 Å². The number of rotatable bonds is 12. The molecule has 3 saturated heterocycles. The summed E-state index contributed by atoms with van der Waals surface area (Å²) >= 11 is 6.58. The molecular formula is C48H55ClN7O5P. The van der Waals surface area contributed by atoms with Crippen LogP contribution in [0, 0.1) is 11.8 Å². The molecule has 0 spiro atoms. The van der Waals surface area contributed by atoms with Crippen LogP contribution in [-0.2, 0) is 33.5 Å². The summed E-state index contributed by atoms with van der Waals surface area (Å²) < 4.78 is 18.9. The third-order valence-corrected chi connectivity index (χ3v) is 14.7. The first-order valence-corrected chi connectivity index (χ1v) is 24.7. The molecule has 5 heterocycles. The van der Waals surface area contributed by atoms with Crippen LogP contribution in [0.25, 0.3) is 0 Å². The highest BCUT2D eigenvalue weighted by molar-refractivity contribution is 7.70. The van der Waals surface area contributed by atoms with E-state index in [-0.39, 0.29) is 18.2 Å². The number of imide groups is 1. The molecule has 0 saturated carbocycles. The maximum absolute atomic E-state index is 13.2. The third kappa shape index (κ3) is 9.92. The molecule has 4 aliphatic rings. The van der Waals surface area contributed by atoms with Gasteiger partial charge in [-0.2, -0.15) is 0 Å². The van der Waals surface area contributed by atoms with E-state index in [0.29, 0.717) is 48.3 Å². The molecule has 3 amide bonds. The summed E-state index contributed by atoms with van der Waals surface area (Å²) in [6.45, 7) is 11.2. The molecule has 62 heavy (non-hydrogen) atoms. The van der Waals surface area contributed by atoms with Gasteiger partial charge < -0.3 is 24.0 Å². The number of nitrogens with one attached hydrogen (secondary N) is 1. The second kappa shape index (κ2) is 19.1. The molecule has 1 atom stereocenters. The predicted molar refractivity (Wildman–Crippen MR) is 243 cm³/mol. The van der Waals surface area contributed by atoms with Crippen molar-refractivity contribution in [2.75, 3.05) is 71.2 Å². The van der Waals surface area contributed by atoms with Crippen LogP contribution < -0.4 is 20.3 Å². The lowest BCUT2D eigenvalue weighted by molar-refractivity contribution is -0.136. The van der Waals surface area contributed by atoms with Crippen molar-refractivity contribution in [1.29, 1.82) is 0 Å². The Bertz CT molecular complexity index is 2450. The monoisotopic (exact) mass is 875 g/mol. The third-order valence-electron chi connectivity index (χ3n) is 12.7. The van der Waals surface area contributed by atoms with Gasteiger partial charge in [0.05, 0.1) is 17.8 Å². The van der Waals surface area contributed by atoms with Crippen molar-refractivity contribution < 1.29 is 23.7 Å². The van der Waals surface area contributed by atoms with Crippen molar-refractivity contribution in [2.45, 2.75) is 70.0 Å². The van der Waals surface area contributed by atoms with Crippen LogP contribution in [0.15, 0.2) is 66.9 Å². The Morgan fingerprint density at radius 2 is 1.71 bits per heavy atom. The maximum atomic E-state index is 13.2. The zero-order valence-electron chi connectivity index (χ0n) is 35.9. The van der Waals surface area contributed by atoms with Crippen LogP contribution >= 0.6 is 18.7 Å². The van der Waals surface area contributed by atoms with Gasteiger partial charge in [-0.05, 0) is 74.9 Å². The molecule has 0 aliphatic carbocycles. The second-order valence-corrected chi connectivity index (χ2v) is 20.7. The number of hydrogen-bond donors (Lipinski definition) is 1. The first kappa shape index (κ1) is 43.6. The number of fused-ring (bicyclic) bond motifs is 1. The molecule has 8 rings (SSSR count). The fourth-order valence-electron chi connectivity index (χ4n) is 9.36. The summed E-state index contributed by atoms with van der Waals surface area (Å²) in [5.74, 6) is 7.26. The molecule has 12 nitrogen and oxygen atoms in total. The van der Waals surface area contributed by atoms with Crippen LogP contribution in [-0.4, -0.2) is 121 Å². The summed E-state index contributed by atoms with van der Waals surface area (Å²) in [6.07, 6.45) is 7.23. The van der Waals surface area contributed by atoms with E-state index >= 15 is 0 Å². The number of amides is 3. The minimum absolute atomic E-state index is 0.172. The summed E-state index contributed by atoms with van der Waals surface area (Å²) in [6, 6.07) is 19.8. The van der Waals surface area contributed by atoms with E-state index < -0.39 is 19.1 Å². The number of aromatic nitrogens is 2. The van der Waals surface area contributed by atoms with Crippen molar-refractivity contribution in [2.24, 2.45) is 0 Å². The molecule has 4 aromatic rings. The summed E-state index contributed by atoms with van der Waals surface area (Å²) in [5, 5.41) is 3.71. The number of benzene rings is 3. The molecule has 0 bridgehead atoms. The Morgan fingerprint density at radius 1 is 0.919 bits per heavy atom. The Hall–Kier alpha value is -5.05. The van der Waals surface area contributed by atoms with Crippen LogP contribution in [0.1, 0.15) is 82.7 Å². The number of piperazine rings is 1. The number of hydrogen-bond acceptors (Lipinski definition) is 10. The summed E-state index contributed by atoms with van der Waals surface area (Å²) in [5.41, 5.74) is 6.15. The Kier molecular flexibility index (Phi) is 13.5. The van der Waals surface area contributed by atoms with Gasteiger partial charge in [-0.3, -0.25) is 24.6 Å². The van der Waals surface area contributed by atoms with Gasteiger partial charge in [0.15, 0.2) is 0 Å². The zero-order chi connectivity index (χ0) is 43.4. The van der Waals surface area contributed by atoms with Gasteiger partial charge in [0.1, 0.15) is 24.8 Å². The van der Waals surface area contributed by atoms with E-state index in [0.717, 1.165) is 116 Å². The quantitative estimate of drug-likeness (QED) is 0.0815. The smallest absolute Gasteiger partial charge is 0.255 e. The highest BCUT2D eigenvalue weighted by atomic mass is 35.5. The molecule has 1 aromatic heterocycles. The molecule has 4 aliphatic heterocycles. The SMILES string of the molecule is COc1cc(N2CCC(N3CCN(CCCC#Cc4cccc5c4CN(C4CCC(=O)NC4=O)C5=O)CC3)CC2)ccc1Cc1ncc(Cl)c(Cc2ccccc2P(C)(C)=O)n1. The second-order valence-electron chi connectivity index (χ2n) is 17.1. The molecular weight excluding hydrogens is 821 g/mol. The summed E-state index contributed by atoms with van der Waals surface area (Å²) in [4.78, 5) is 55.9. The van der Waals surface area contributed by atoms with Crippen LogP contribution in [0.2, 0.25) is 5.02 Å². The van der Waals surface area contributed by atoms with Gasteiger partial charge in [-0.1, -0.05) is 59.8 Å². The number of carbonyl (C=O) groups is 3. The van der Waals surface area contributed by atoms with E-state index in [1.165, 1.54) is 0 Å². The first-order valence-electron chi connectivity index (χ1n) is 21.7. The Balaban J connectivity index is 0.782. The van der Waals surface area contributed by atoms with E-state index in [2.05, 4.69) is 55.0 Å². The van der Waals surface area contributed by atoms with Gasteiger partial charge in [-0.15, -0.1) is 0 Å². The number of anilines is 1. The van der Waals surface area contributed by atoms with Gasteiger partial charge in [0.2, 0.25) is 11.8 Å². The van der Waals surface area contributed by atoms with E-state index in [4.69, 9.17) is 21.3 Å². The fourth-order valence-corrected chi connectivity index (χ4v) is 10.8. The van der Waals surface area contributed by atoms with Gasteiger partial charge >= 0.3 is 0 Å². The largest absolute Gasteiger partial charge is 0.496 e. The van der Waals surface area contributed by atoms with Crippen molar-refractivity contribution in [3.8, 4) is 17.6 Å². The average Bonchev–Trinajstić information content (AvgIpc) is 3.61. The molecule has 3 aromatic carbocycles. The van der Waals surface area contributed by atoms with Crippen LogP contribution in [0.5, 0.6) is 5.75 Å². The summed E-state index contributed by atoms with van der Waals surface area (Å²) in [7, 11) is -0.759. The number of carbonyl (C=O) groups excluding carboxylic acids is 3. The normalized spacial score (nSPS) is 19.0. The van der Waals surface area contributed by atoms with Crippen LogP contribution in [0.3, 0.4) is 0 Å². The number of halogens is 1. The number of ether oxygens (including phenoxy) is 1. The number of piperidine rings is 2. The van der Waals surface area contributed by atoms with Gasteiger partial charge in [-0.25, -0.2) is 9.97 Å². The van der Waals surface area contributed by atoms with Crippen molar-refractivity contribution in [3.05, 3.63) is 111 Å². The minimum atomic E-state index is -2.47. The van der Waals surface area contributed by atoms with E-state index in [1.54, 1.807) is 37.6 Å². The molecule has 14 heteroatoms. The van der Waals surface area contributed by atoms with Gasteiger partial charge in [0, 0.05) is 117 Å². The molecule has 1 N–H and O–H groups in total. The first-order chi connectivity index (χ1) is 29.9. The zero-order valence-corrected chi connectivity index (χ0v) is 37.5.